The molecule has 0 aromatic heterocycles. The van der Waals surface area contributed by atoms with Crippen LogP contribution in [0, 0.1) is 0 Å². The molecule has 110 valence electrons. The Morgan fingerprint density at radius 3 is 0.667 bits per heavy atom. The van der Waals surface area contributed by atoms with Crippen LogP contribution in [0.5, 0.6) is 0 Å². The molecule has 0 aromatic carbocycles. The van der Waals surface area contributed by atoms with Crippen molar-refractivity contribution in [3.8, 4) is 0 Å². The van der Waals surface area contributed by atoms with E-state index in [-0.39, 0.29) is 0 Å². The van der Waals surface area contributed by atoms with Crippen molar-refractivity contribution in [2.75, 3.05) is 0 Å². The molecule has 0 bridgehead atoms. The standard InChI is InChI=1S/C16H36N2/c1-11(2)17(12(3)4)15(9)16(10)18(13(5)6)14(7)8/h11-16H,1-10H3/t15-,16-/m1/s1. The maximum absolute atomic E-state index is 2.63. The molecule has 0 aliphatic rings. The first kappa shape index (κ1) is 17.9. The lowest BCUT2D eigenvalue weighted by Gasteiger charge is -2.46. The maximum Gasteiger partial charge on any atom is 0.0226 e. The maximum atomic E-state index is 2.63. The Morgan fingerprint density at radius 2 is 0.556 bits per heavy atom. The Hall–Kier alpha value is -0.0800. The molecule has 0 amide bonds. The minimum absolute atomic E-state index is 0.579. The highest BCUT2D eigenvalue weighted by Crippen LogP contribution is 2.20. The lowest BCUT2D eigenvalue weighted by Crippen LogP contribution is -2.56. The smallest absolute Gasteiger partial charge is 0.0226 e. The van der Waals surface area contributed by atoms with Crippen molar-refractivity contribution >= 4 is 0 Å². The van der Waals surface area contributed by atoms with E-state index in [1.54, 1.807) is 0 Å². The molecule has 18 heavy (non-hydrogen) atoms. The van der Waals surface area contributed by atoms with E-state index in [1.807, 2.05) is 0 Å². The van der Waals surface area contributed by atoms with Crippen molar-refractivity contribution in [1.82, 2.24) is 9.80 Å². The van der Waals surface area contributed by atoms with Crippen molar-refractivity contribution in [3.63, 3.8) is 0 Å². The van der Waals surface area contributed by atoms with Crippen molar-refractivity contribution in [2.24, 2.45) is 0 Å². The molecular formula is C16H36N2. The molecule has 0 radical (unpaired) electrons. The highest BCUT2D eigenvalue weighted by molar-refractivity contribution is 4.86. The Bertz CT molecular complexity index is 181. The largest absolute Gasteiger partial charge is 0.294 e. The molecule has 0 spiro atoms. The monoisotopic (exact) mass is 256 g/mol. The fourth-order valence-corrected chi connectivity index (χ4v) is 3.57. The first-order chi connectivity index (χ1) is 8.11. The summed E-state index contributed by atoms with van der Waals surface area (Å²) in [5, 5.41) is 0. The lowest BCUT2D eigenvalue weighted by atomic mass is 10.0. The molecule has 0 rings (SSSR count). The number of hydrogen-bond donors (Lipinski definition) is 0. The summed E-state index contributed by atoms with van der Waals surface area (Å²) in [6, 6.07) is 3.56. The summed E-state index contributed by atoms with van der Waals surface area (Å²) < 4.78 is 0. The van der Waals surface area contributed by atoms with Gasteiger partial charge in [0, 0.05) is 36.3 Å². The molecule has 2 atom stereocenters. The van der Waals surface area contributed by atoms with E-state index in [0.29, 0.717) is 36.3 Å². The van der Waals surface area contributed by atoms with Crippen LogP contribution in [0.2, 0.25) is 0 Å². The SMILES string of the molecule is CC(C)N(C(C)C)[C@H](C)[C@@H](C)N(C(C)C)C(C)C. The molecule has 0 unspecified atom stereocenters. The third-order valence-corrected chi connectivity index (χ3v) is 4.02. The fourth-order valence-electron chi connectivity index (χ4n) is 3.57. The third kappa shape index (κ3) is 4.55. The van der Waals surface area contributed by atoms with Crippen LogP contribution in [0.4, 0.5) is 0 Å². The van der Waals surface area contributed by atoms with E-state index in [1.165, 1.54) is 0 Å². The molecule has 0 N–H and O–H groups in total. The summed E-state index contributed by atoms with van der Waals surface area (Å²) in [5.41, 5.74) is 0. The zero-order chi connectivity index (χ0) is 14.6. The summed E-state index contributed by atoms with van der Waals surface area (Å²) in [6.07, 6.45) is 0. The highest BCUT2D eigenvalue weighted by atomic mass is 15.3. The minimum Gasteiger partial charge on any atom is -0.294 e. The molecule has 0 aliphatic carbocycles. The number of rotatable bonds is 7. The zero-order valence-electron chi connectivity index (χ0n) is 14.4. The summed E-state index contributed by atoms with van der Waals surface area (Å²) in [4.78, 5) is 5.25. The van der Waals surface area contributed by atoms with Crippen LogP contribution < -0.4 is 0 Å². The van der Waals surface area contributed by atoms with E-state index in [4.69, 9.17) is 0 Å². The average Bonchev–Trinajstić information content (AvgIpc) is 2.14. The minimum atomic E-state index is 0.579. The van der Waals surface area contributed by atoms with Crippen molar-refractivity contribution < 1.29 is 0 Å². The summed E-state index contributed by atoms with van der Waals surface area (Å²) >= 11 is 0. The predicted octanol–water partition coefficient (Wildman–Crippen LogP) is 4.00. The van der Waals surface area contributed by atoms with Gasteiger partial charge in [0.05, 0.1) is 0 Å². The van der Waals surface area contributed by atoms with Crippen molar-refractivity contribution in [2.45, 2.75) is 105 Å². The van der Waals surface area contributed by atoms with Gasteiger partial charge in [-0.05, 0) is 69.2 Å². The molecule has 0 fully saturated rings. The van der Waals surface area contributed by atoms with Crippen molar-refractivity contribution in [3.05, 3.63) is 0 Å². The van der Waals surface area contributed by atoms with Crippen LogP contribution in [-0.4, -0.2) is 46.1 Å². The first-order valence-corrected chi connectivity index (χ1v) is 7.66. The highest BCUT2D eigenvalue weighted by Gasteiger charge is 2.30. The van der Waals surface area contributed by atoms with E-state index < -0.39 is 0 Å². The Balaban J connectivity index is 4.98. The van der Waals surface area contributed by atoms with Crippen LogP contribution in [-0.2, 0) is 0 Å². The molecule has 2 nitrogen and oxygen atoms in total. The van der Waals surface area contributed by atoms with Gasteiger partial charge in [-0.2, -0.15) is 0 Å². The van der Waals surface area contributed by atoms with Crippen LogP contribution in [0.3, 0.4) is 0 Å². The number of hydrogen-bond acceptors (Lipinski definition) is 2. The Labute approximate surface area is 116 Å². The Morgan fingerprint density at radius 1 is 0.389 bits per heavy atom. The molecular weight excluding hydrogens is 220 g/mol. The average molecular weight is 256 g/mol. The van der Waals surface area contributed by atoms with Gasteiger partial charge in [-0.3, -0.25) is 9.80 Å². The molecule has 0 saturated carbocycles. The topological polar surface area (TPSA) is 6.48 Å². The van der Waals surface area contributed by atoms with E-state index >= 15 is 0 Å². The van der Waals surface area contributed by atoms with Gasteiger partial charge in [-0.1, -0.05) is 0 Å². The van der Waals surface area contributed by atoms with E-state index in [9.17, 15) is 0 Å². The van der Waals surface area contributed by atoms with Crippen LogP contribution in [0.1, 0.15) is 69.2 Å². The van der Waals surface area contributed by atoms with Gasteiger partial charge >= 0.3 is 0 Å². The van der Waals surface area contributed by atoms with Gasteiger partial charge < -0.3 is 0 Å². The van der Waals surface area contributed by atoms with Gasteiger partial charge in [-0.25, -0.2) is 0 Å². The molecule has 0 aliphatic heterocycles. The van der Waals surface area contributed by atoms with Gasteiger partial charge in [0.1, 0.15) is 0 Å². The van der Waals surface area contributed by atoms with Crippen LogP contribution in [0.25, 0.3) is 0 Å². The molecule has 2 heteroatoms. The summed E-state index contributed by atoms with van der Waals surface area (Å²) in [7, 11) is 0. The first-order valence-electron chi connectivity index (χ1n) is 7.66. The second-order valence-corrected chi connectivity index (χ2v) is 6.75. The predicted molar refractivity (Wildman–Crippen MR) is 83.1 cm³/mol. The summed E-state index contributed by atoms with van der Waals surface area (Å²) in [5.74, 6) is 0. The van der Waals surface area contributed by atoms with Crippen LogP contribution in [0.15, 0.2) is 0 Å². The zero-order valence-corrected chi connectivity index (χ0v) is 14.4. The normalized spacial score (nSPS) is 16.7. The lowest BCUT2D eigenvalue weighted by molar-refractivity contribution is 0.0234. The fraction of sp³-hybridized carbons (Fsp3) is 1.00. The third-order valence-electron chi connectivity index (χ3n) is 4.02. The summed E-state index contributed by atoms with van der Waals surface area (Å²) in [6.45, 7) is 23.2. The van der Waals surface area contributed by atoms with Gasteiger partial charge in [0.25, 0.3) is 0 Å². The van der Waals surface area contributed by atoms with Crippen LogP contribution >= 0.6 is 0 Å². The van der Waals surface area contributed by atoms with E-state index in [2.05, 4.69) is 79.0 Å². The van der Waals surface area contributed by atoms with Gasteiger partial charge in [0.15, 0.2) is 0 Å². The number of nitrogens with zero attached hydrogens (tertiary/aromatic N) is 2. The quantitative estimate of drug-likeness (QED) is 0.679. The van der Waals surface area contributed by atoms with E-state index in [0.717, 1.165) is 0 Å². The van der Waals surface area contributed by atoms with Gasteiger partial charge in [-0.15, -0.1) is 0 Å². The Kier molecular flexibility index (Phi) is 7.46. The molecule has 0 aromatic rings. The second kappa shape index (κ2) is 7.49. The molecule has 0 saturated heterocycles. The second-order valence-electron chi connectivity index (χ2n) is 6.75. The van der Waals surface area contributed by atoms with Crippen molar-refractivity contribution in [1.29, 1.82) is 0 Å². The van der Waals surface area contributed by atoms with Gasteiger partial charge in [0.2, 0.25) is 0 Å². The molecule has 0 heterocycles.